The monoisotopic (exact) mass is 197 g/mol. The summed E-state index contributed by atoms with van der Waals surface area (Å²) in [6, 6.07) is 0. The van der Waals surface area contributed by atoms with E-state index >= 15 is 0 Å². The summed E-state index contributed by atoms with van der Waals surface area (Å²) in [5.41, 5.74) is 0. The third-order valence-corrected chi connectivity index (χ3v) is 2.46. The van der Waals surface area contributed by atoms with Gasteiger partial charge in [0.15, 0.2) is 5.82 Å². The van der Waals surface area contributed by atoms with Crippen LogP contribution in [0.3, 0.4) is 0 Å². The van der Waals surface area contributed by atoms with Gasteiger partial charge in [0.25, 0.3) is 0 Å². The first-order valence-electron chi connectivity index (χ1n) is 4.93. The Hall–Kier alpha value is -0.940. The van der Waals surface area contributed by atoms with E-state index in [1.54, 1.807) is 0 Å². The second-order valence-corrected chi connectivity index (χ2v) is 3.73. The first-order chi connectivity index (χ1) is 6.74. The molecule has 1 fully saturated rings. The molecule has 0 radical (unpaired) electrons. The van der Waals surface area contributed by atoms with E-state index in [-0.39, 0.29) is 6.10 Å². The van der Waals surface area contributed by atoms with E-state index in [1.165, 1.54) is 0 Å². The Balaban J connectivity index is 1.77. The Morgan fingerprint density at radius 1 is 1.64 bits per heavy atom. The summed E-state index contributed by atoms with van der Waals surface area (Å²) in [6.07, 6.45) is 1.50. The topological polar surface area (TPSA) is 62.4 Å². The lowest BCUT2D eigenvalue weighted by molar-refractivity contribution is 0.175. The van der Waals surface area contributed by atoms with Gasteiger partial charge in [-0.15, -0.1) is 0 Å². The minimum Gasteiger partial charge on any atom is -0.392 e. The van der Waals surface area contributed by atoms with Crippen LogP contribution in [0.2, 0.25) is 0 Å². The predicted molar refractivity (Wildman–Crippen MR) is 49.8 cm³/mol. The predicted octanol–water partition coefficient (Wildman–Crippen LogP) is -0.0129. The normalized spacial score (nSPS) is 23.1. The molecule has 0 amide bonds. The van der Waals surface area contributed by atoms with Crippen LogP contribution in [0.25, 0.3) is 0 Å². The Bertz CT molecular complexity index is 300. The van der Waals surface area contributed by atoms with E-state index < -0.39 is 0 Å². The van der Waals surface area contributed by atoms with Gasteiger partial charge in [-0.25, -0.2) is 0 Å². The average Bonchev–Trinajstić information content (AvgIpc) is 2.72. The molecule has 1 aliphatic heterocycles. The minimum atomic E-state index is -0.153. The van der Waals surface area contributed by atoms with Crippen molar-refractivity contribution in [3.05, 3.63) is 11.7 Å². The molecular weight excluding hydrogens is 182 g/mol. The molecule has 0 bridgehead atoms. The Labute approximate surface area is 82.7 Å². The van der Waals surface area contributed by atoms with Gasteiger partial charge < -0.3 is 14.5 Å². The van der Waals surface area contributed by atoms with Crippen LogP contribution in [0.1, 0.15) is 18.1 Å². The fourth-order valence-corrected chi connectivity index (χ4v) is 1.71. The molecule has 1 unspecified atom stereocenters. The number of aromatic nitrogens is 2. The summed E-state index contributed by atoms with van der Waals surface area (Å²) in [4.78, 5) is 6.34. The molecule has 1 aliphatic rings. The molecule has 1 aromatic rings. The third-order valence-electron chi connectivity index (χ3n) is 2.46. The first kappa shape index (κ1) is 9.61. The Kier molecular flexibility index (Phi) is 2.79. The molecule has 14 heavy (non-hydrogen) atoms. The smallest absolute Gasteiger partial charge is 0.227 e. The van der Waals surface area contributed by atoms with Crippen molar-refractivity contribution < 1.29 is 9.63 Å². The summed E-state index contributed by atoms with van der Waals surface area (Å²) < 4.78 is 5.00. The number of aliphatic hydroxyl groups excluding tert-OH is 1. The standard InChI is InChI=1S/C9H15N3O2/c1-7-10-9(14-11-7)3-5-12-4-2-8(13)6-12/h8,13H,2-6H2,1H3. The lowest BCUT2D eigenvalue weighted by atomic mass is 10.3. The van der Waals surface area contributed by atoms with E-state index in [0.29, 0.717) is 11.7 Å². The van der Waals surface area contributed by atoms with E-state index in [2.05, 4.69) is 15.0 Å². The fraction of sp³-hybridized carbons (Fsp3) is 0.778. The Morgan fingerprint density at radius 2 is 2.50 bits per heavy atom. The molecule has 2 rings (SSSR count). The van der Waals surface area contributed by atoms with Gasteiger partial charge in [-0.3, -0.25) is 0 Å². The average molecular weight is 197 g/mol. The molecule has 5 heteroatoms. The fourth-order valence-electron chi connectivity index (χ4n) is 1.71. The second kappa shape index (κ2) is 4.06. The van der Waals surface area contributed by atoms with E-state index in [1.807, 2.05) is 6.92 Å². The van der Waals surface area contributed by atoms with Crippen molar-refractivity contribution in [1.29, 1.82) is 0 Å². The molecule has 0 spiro atoms. The van der Waals surface area contributed by atoms with Crippen molar-refractivity contribution in [2.75, 3.05) is 19.6 Å². The van der Waals surface area contributed by atoms with Gasteiger partial charge in [0.2, 0.25) is 5.89 Å². The highest BCUT2D eigenvalue weighted by Crippen LogP contribution is 2.09. The first-order valence-corrected chi connectivity index (χ1v) is 4.93. The highest BCUT2D eigenvalue weighted by molar-refractivity contribution is 4.85. The maximum absolute atomic E-state index is 9.31. The number of aliphatic hydroxyl groups is 1. The van der Waals surface area contributed by atoms with Gasteiger partial charge >= 0.3 is 0 Å². The lowest BCUT2D eigenvalue weighted by Gasteiger charge is -2.12. The van der Waals surface area contributed by atoms with Crippen LogP contribution in [0.4, 0.5) is 0 Å². The van der Waals surface area contributed by atoms with E-state index in [9.17, 15) is 5.11 Å². The molecule has 1 atom stereocenters. The molecule has 1 aromatic heterocycles. The summed E-state index contributed by atoms with van der Waals surface area (Å²) in [5, 5.41) is 13.0. The van der Waals surface area contributed by atoms with Crippen molar-refractivity contribution in [3.8, 4) is 0 Å². The zero-order valence-electron chi connectivity index (χ0n) is 8.31. The SMILES string of the molecule is Cc1noc(CCN2CCC(O)C2)n1. The molecule has 5 nitrogen and oxygen atoms in total. The lowest BCUT2D eigenvalue weighted by Crippen LogP contribution is -2.24. The second-order valence-electron chi connectivity index (χ2n) is 3.73. The minimum absolute atomic E-state index is 0.153. The summed E-state index contributed by atoms with van der Waals surface area (Å²) in [7, 11) is 0. The van der Waals surface area contributed by atoms with Crippen molar-refractivity contribution in [2.24, 2.45) is 0 Å². The quantitative estimate of drug-likeness (QED) is 0.738. The van der Waals surface area contributed by atoms with E-state index in [4.69, 9.17) is 4.52 Å². The van der Waals surface area contributed by atoms with Crippen LogP contribution >= 0.6 is 0 Å². The summed E-state index contributed by atoms with van der Waals surface area (Å²) in [5.74, 6) is 1.37. The largest absolute Gasteiger partial charge is 0.392 e. The molecule has 2 heterocycles. The van der Waals surface area contributed by atoms with Crippen LogP contribution in [0, 0.1) is 6.92 Å². The van der Waals surface area contributed by atoms with Crippen molar-refractivity contribution in [2.45, 2.75) is 25.9 Å². The van der Waals surface area contributed by atoms with Crippen LogP contribution < -0.4 is 0 Å². The molecule has 0 saturated carbocycles. The van der Waals surface area contributed by atoms with E-state index in [0.717, 1.165) is 32.5 Å². The maximum atomic E-state index is 9.31. The number of likely N-dealkylation sites (tertiary alicyclic amines) is 1. The zero-order chi connectivity index (χ0) is 9.97. The van der Waals surface area contributed by atoms with Gasteiger partial charge in [-0.05, 0) is 13.3 Å². The van der Waals surface area contributed by atoms with Crippen LogP contribution in [-0.2, 0) is 6.42 Å². The number of nitrogens with zero attached hydrogens (tertiary/aromatic N) is 3. The van der Waals surface area contributed by atoms with Gasteiger partial charge in [0.1, 0.15) is 0 Å². The van der Waals surface area contributed by atoms with Gasteiger partial charge in [0, 0.05) is 26.1 Å². The van der Waals surface area contributed by atoms with Crippen molar-refractivity contribution in [1.82, 2.24) is 15.0 Å². The molecule has 0 aromatic carbocycles. The van der Waals surface area contributed by atoms with Gasteiger partial charge in [0.05, 0.1) is 6.10 Å². The summed E-state index contributed by atoms with van der Waals surface area (Å²) >= 11 is 0. The Morgan fingerprint density at radius 3 is 3.07 bits per heavy atom. The zero-order valence-corrected chi connectivity index (χ0v) is 8.31. The van der Waals surface area contributed by atoms with Gasteiger partial charge in [-0.2, -0.15) is 4.98 Å². The van der Waals surface area contributed by atoms with Crippen molar-refractivity contribution >= 4 is 0 Å². The molecule has 1 saturated heterocycles. The molecule has 1 N–H and O–H groups in total. The van der Waals surface area contributed by atoms with Crippen LogP contribution in [0.15, 0.2) is 4.52 Å². The highest BCUT2D eigenvalue weighted by atomic mass is 16.5. The maximum Gasteiger partial charge on any atom is 0.227 e. The number of β-amino-alcohol motifs (C(OH)–C–C–N with tert-alkyl or cyclic N) is 1. The van der Waals surface area contributed by atoms with Crippen LogP contribution in [-0.4, -0.2) is 45.9 Å². The third kappa shape index (κ3) is 2.30. The number of aryl methyl sites for hydroxylation is 1. The molecular formula is C9H15N3O2. The molecule has 78 valence electrons. The van der Waals surface area contributed by atoms with Gasteiger partial charge in [-0.1, -0.05) is 5.16 Å². The van der Waals surface area contributed by atoms with Crippen molar-refractivity contribution in [3.63, 3.8) is 0 Å². The number of hydrogen-bond acceptors (Lipinski definition) is 5. The number of rotatable bonds is 3. The number of hydrogen-bond donors (Lipinski definition) is 1. The molecule has 0 aliphatic carbocycles. The highest BCUT2D eigenvalue weighted by Gasteiger charge is 2.20. The summed E-state index contributed by atoms with van der Waals surface area (Å²) in [6.45, 7) is 4.44. The van der Waals surface area contributed by atoms with Crippen LogP contribution in [0.5, 0.6) is 0 Å².